The number of benzene rings is 2. The lowest BCUT2D eigenvalue weighted by atomic mass is 10.0. The number of phenolic OH excluding ortho intramolecular Hbond substituents is 1. The van der Waals surface area contributed by atoms with Crippen molar-refractivity contribution in [3.63, 3.8) is 0 Å². The van der Waals surface area contributed by atoms with Gasteiger partial charge in [0.2, 0.25) is 17.8 Å². The van der Waals surface area contributed by atoms with Crippen molar-refractivity contribution in [3.8, 4) is 5.75 Å². The third kappa shape index (κ3) is 4.19. The third-order valence-electron chi connectivity index (χ3n) is 4.61. The number of nitrogens with one attached hydrogen (secondary N) is 1. The van der Waals surface area contributed by atoms with Crippen LogP contribution in [0.2, 0.25) is 0 Å². The Bertz CT molecular complexity index is 1030. The second-order valence-corrected chi connectivity index (χ2v) is 6.84. The zero-order valence-corrected chi connectivity index (χ0v) is 16.4. The first-order valence-corrected chi connectivity index (χ1v) is 9.38. The minimum Gasteiger partial charge on any atom is -0.507 e. The van der Waals surface area contributed by atoms with Gasteiger partial charge in [-0.1, -0.05) is 30.3 Å². The number of rotatable bonds is 5. The van der Waals surface area contributed by atoms with Gasteiger partial charge >= 0.3 is 0 Å². The molecule has 1 aliphatic rings. The number of aromatic nitrogens is 3. The highest BCUT2D eigenvalue weighted by Crippen LogP contribution is 2.25. The Hall–Kier alpha value is -3.46. The lowest BCUT2D eigenvalue weighted by Gasteiger charge is -2.27. The van der Waals surface area contributed by atoms with Crippen molar-refractivity contribution in [3.05, 3.63) is 42.0 Å². The Balaban J connectivity index is 1.61. The summed E-state index contributed by atoms with van der Waals surface area (Å²) >= 11 is 0. The molecule has 4 rings (SSSR count). The molecule has 29 heavy (non-hydrogen) atoms. The van der Waals surface area contributed by atoms with Crippen LogP contribution in [0.3, 0.4) is 0 Å². The number of anilines is 3. The van der Waals surface area contributed by atoms with Crippen molar-refractivity contribution in [2.24, 2.45) is 5.10 Å². The maximum atomic E-state index is 10.3. The molecule has 0 aliphatic carbocycles. The fourth-order valence-corrected chi connectivity index (χ4v) is 3.08. The van der Waals surface area contributed by atoms with E-state index in [1.54, 1.807) is 12.3 Å². The first-order valence-electron chi connectivity index (χ1n) is 9.38. The molecular weight excluding hydrogens is 370 g/mol. The molecule has 2 aromatic carbocycles. The first kappa shape index (κ1) is 18.9. The van der Waals surface area contributed by atoms with Crippen LogP contribution in [0.5, 0.6) is 5.75 Å². The Morgan fingerprint density at radius 1 is 1.10 bits per heavy atom. The Morgan fingerprint density at radius 2 is 1.90 bits per heavy atom. The highest BCUT2D eigenvalue weighted by molar-refractivity contribution is 6.02. The summed E-state index contributed by atoms with van der Waals surface area (Å²) in [5.41, 5.74) is 3.50. The molecule has 1 aliphatic heterocycles. The van der Waals surface area contributed by atoms with Gasteiger partial charge in [0.05, 0.1) is 19.4 Å². The maximum Gasteiger partial charge on any atom is 0.250 e. The first-order chi connectivity index (χ1) is 14.1. The second-order valence-electron chi connectivity index (χ2n) is 6.84. The lowest BCUT2D eigenvalue weighted by Crippen LogP contribution is -2.37. The van der Waals surface area contributed by atoms with Gasteiger partial charge in [-0.05, 0) is 16.8 Å². The van der Waals surface area contributed by atoms with Gasteiger partial charge in [-0.25, -0.2) is 5.43 Å². The molecule has 0 radical (unpaired) electrons. The molecule has 0 unspecified atom stereocenters. The van der Waals surface area contributed by atoms with Gasteiger partial charge in [-0.15, -0.1) is 0 Å². The molecule has 9 heteroatoms. The number of phenols is 1. The number of hydrogen-bond acceptors (Lipinski definition) is 9. The molecule has 0 amide bonds. The molecule has 1 aromatic heterocycles. The fraction of sp³-hybridized carbons (Fsp3) is 0.300. The number of ether oxygens (including phenoxy) is 1. The molecular formula is C20H23N7O2. The van der Waals surface area contributed by atoms with Gasteiger partial charge in [-0.3, -0.25) is 0 Å². The van der Waals surface area contributed by atoms with Crippen LogP contribution < -0.4 is 15.2 Å². The van der Waals surface area contributed by atoms with Crippen molar-refractivity contribution < 1.29 is 9.84 Å². The summed E-state index contributed by atoms with van der Waals surface area (Å²) in [7, 11) is 3.75. The van der Waals surface area contributed by atoms with E-state index in [-0.39, 0.29) is 5.75 Å². The summed E-state index contributed by atoms with van der Waals surface area (Å²) in [5.74, 6) is 1.61. The van der Waals surface area contributed by atoms with Crippen molar-refractivity contribution in [2.45, 2.75) is 0 Å². The predicted octanol–water partition coefficient (Wildman–Crippen LogP) is 2.08. The maximum absolute atomic E-state index is 10.3. The normalized spacial score (nSPS) is 14.5. The van der Waals surface area contributed by atoms with E-state index in [1.165, 1.54) is 0 Å². The molecule has 1 saturated heterocycles. The number of hydrogen-bond donors (Lipinski definition) is 2. The Kier molecular flexibility index (Phi) is 5.39. The van der Waals surface area contributed by atoms with E-state index in [9.17, 15) is 5.11 Å². The van der Waals surface area contributed by atoms with Crippen molar-refractivity contribution in [1.29, 1.82) is 0 Å². The molecule has 150 valence electrons. The van der Waals surface area contributed by atoms with E-state index in [1.807, 2.05) is 49.3 Å². The molecule has 2 N–H and O–H groups in total. The topological polar surface area (TPSA) is 99.0 Å². The SMILES string of the molecule is CN(C)c1nc(NN=Cc2c(O)ccc3ccccc23)nc(N2CCOCC2)n1. The summed E-state index contributed by atoms with van der Waals surface area (Å²) in [6, 6.07) is 11.4. The van der Waals surface area contributed by atoms with Crippen molar-refractivity contribution >= 4 is 34.8 Å². The molecule has 0 atom stereocenters. The molecule has 3 aromatic rings. The zero-order chi connectivity index (χ0) is 20.2. The van der Waals surface area contributed by atoms with Crippen LogP contribution in [-0.2, 0) is 4.74 Å². The van der Waals surface area contributed by atoms with E-state index in [2.05, 4.69) is 30.4 Å². The molecule has 1 fully saturated rings. The van der Waals surface area contributed by atoms with Gasteiger partial charge in [0.25, 0.3) is 0 Å². The van der Waals surface area contributed by atoms with Crippen LogP contribution in [0.15, 0.2) is 41.5 Å². The minimum atomic E-state index is 0.160. The van der Waals surface area contributed by atoms with E-state index >= 15 is 0 Å². The van der Waals surface area contributed by atoms with Crippen molar-refractivity contribution in [2.75, 3.05) is 55.6 Å². The number of hydrazone groups is 1. The van der Waals surface area contributed by atoms with Gasteiger partial charge in [0.1, 0.15) is 5.75 Å². The number of morpholine rings is 1. The second kappa shape index (κ2) is 8.27. The fourth-order valence-electron chi connectivity index (χ4n) is 3.08. The number of aromatic hydroxyl groups is 1. The van der Waals surface area contributed by atoms with Crippen LogP contribution in [0.1, 0.15) is 5.56 Å². The number of fused-ring (bicyclic) bond motifs is 1. The quantitative estimate of drug-likeness (QED) is 0.502. The van der Waals surface area contributed by atoms with Gasteiger partial charge in [-0.2, -0.15) is 20.1 Å². The average Bonchev–Trinajstić information content (AvgIpc) is 2.75. The van der Waals surface area contributed by atoms with Crippen LogP contribution in [-0.4, -0.2) is 66.7 Å². The van der Waals surface area contributed by atoms with Crippen LogP contribution >= 0.6 is 0 Å². The van der Waals surface area contributed by atoms with Crippen LogP contribution in [0.25, 0.3) is 10.8 Å². The summed E-state index contributed by atoms with van der Waals surface area (Å²) in [4.78, 5) is 17.3. The standard InChI is InChI=1S/C20H23N7O2/c1-26(2)19-22-18(23-20(24-19)27-9-11-29-12-10-27)25-21-13-16-15-6-4-3-5-14(15)7-8-17(16)28/h3-8,13,28H,9-12H2,1-2H3,(H,22,23,24,25). The highest BCUT2D eigenvalue weighted by atomic mass is 16.5. The van der Waals surface area contributed by atoms with E-state index in [4.69, 9.17) is 4.74 Å². The summed E-state index contributed by atoms with van der Waals surface area (Å²) in [6.07, 6.45) is 1.57. The largest absolute Gasteiger partial charge is 0.507 e. The van der Waals surface area contributed by atoms with Crippen molar-refractivity contribution in [1.82, 2.24) is 15.0 Å². The van der Waals surface area contributed by atoms with Crippen LogP contribution in [0, 0.1) is 0 Å². The zero-order valence-electron chi connectivity index (χ0n) is 16.4. The Morgan fingerprint density at radius 3 is 2.69 bits per heavy atom. The monoisotopic (exact) mass is 393 g/mol. The highest BCUT2D eigenvalue weighted by Gasteiger charge is 2.17. The predicted molar refractivity (Wildman–Crippen MR) is 114 cm³/mol. The molecule has 2 heterocycles. The summed E-state index contributed by atoms with van der Waals surface area (Å²) in [5, 5.41) is 16.4. The molecule has 0 saturated carbocycles. The molecule has 0 bridgehead atoms. The average molecular weight is 393 g/mol. The molecule has 9 nitrogen and oxygen atoms in total. The van der Waals surface area contributed by atoms with Crippen LogP contribution in [0.4, 0.5) is 17.8 Å². The number of nitrogens with zero attached hydrogens (tertiary/aromatic N) is 6. The third-order valence-corrected chi connectivity index (χ3v) is 4.61. The smallest absolute Gasteiger partial charge is 0.250 e. The van der Waals surface area contributed by atoms with E-state index in [0.29, 0.717) is 36.6 Å². The summed E-state index contributed by atoms with van der Waals surface area (Å²) < 4.78 is 5.40. The van der Waals surface area contributed by atoms with Gasteiger partial charge < -0.3 is 19.6 Å². The van der Waals surface area contributed by atoms with Gasteiger partial charge in [0.15, 0.2) is 0 Å². The minimum absolute atomic E-state index is 0.160. The molecule has 0 spiro atoms. The van der Waals surface area contributed by atoms with Gasteiger partial charge in [0, 0.05) is 32.7 Å². The van der Waals surface area contributed by atoms with E-state index in [0.717, 1.165) is 23.9 Å². The lowest BCUT2D eigenvalue weighted by molar-refractivity contribution is 0.122. The van der Waals surface area contributed by atoms with E-state index < -0.39 is 0 Å². The summed E-state index contributed by atoms with van der Waals surface area (Å²) in [6.45, 7) is 2.74. The Labute approximate surface area is 168 Å².